The molecule has 1 rings (SSSR count). The lowest BCUT2D eigenvalue weighted by Crippen LogP contribution is -2.26. The van der Waals surface area contributed by atoms with Crippen molar-refractivity contribution in [2.24, 2.45) is 0 Å². The van der Waals surface area contributed by atoms with Gasteiger partial charge in [-0.25, -0.2) is 0 Å². The van der Waals surface area contributed by atoms with Crippen LogP contribution in [-0.4, -0.2) is 38.6 Å². The average molecular weight is 394 g/mol. The number of carbonyl (C=O) groups excluding carboxylic acids is 1. The highest BCUT2D eigenvalue weighted by molar-refractivity contribution is 9.11. The SMILES string of the molecule is COc1c(Br)cc(Br)cc1CNCCC(=O)N(C)C. The van der Waals surface area contributed by atoms with Gasteiger partial charge in [0.05, 0.1) is 11.6 Å². The van der Waals surface area contributed by atoms with E-state index < -0.39 is 0 Å². The summed E-state index contributed by atoms with van der Waals surface area (Å²) in [5.41, 5.74) is 1.04. The number of carbonyl (C=O) groups is 1. The lowest BCUT2D eigenvalue weighted by atomic mass is 10.2. The van der Waals surface area contributed by atoms with Gasteiger partial charge in [0.25, 0.3) is 0 Å². The van der Waals surface area contributed by atoms with E-state index in [4.69, 9.17) is 4.74 Å². The van der Waals surface area contributed by atoms with Crippen LogP contribution in [0.2, 0.25) is 0 Å². The van der Waals surface area contributed by atoms with Gasteiger partial charge in [-0.15, -0.1) is 0 Å². The molecule has 0 heterocycles. The summed E-state index contributed by atoms with van der Waals surface area (Å²) in [5, 5.41) is 3.25. The van der Waals surface area contributed by atoms with E-state index in [-0.39, 0.29) is 5.91 Å². The summed E-state index contributed by atoms with van der Waals surface area (Å²) in [6.07, 6.45) is 0.491. The normalized spacial score (nSPS) is 10.4. The van der Waals surface area contributed by atoms with Crippen molar-refractivity contribution in [1.29, 1.82) is 0 Å². The minimum absolute atomic E-state index is 0.120. The molecule has 1 aromatic rings. The Bertz CT molecular complexity index is 451. The number of methoxy groups -OCH3 is 1. The van der Waals surface area contributed by atoms with Crippen molar-refractivity contribution < 1.29 is 9.53 Å². The van der Waals surface area contributed by atoms with Crippen LogP contribution in [0.5, 0.6) is 5.75 Å². The third-order valence-corrected chi connectivity index (χ3v) is 3.67. The van der Waals surface area contributed by atoms with Gasteiger partial charge in [0.15, 0.2) is 0 Å². The van der Waals surface area contributed by atoms with Gasteiger partial charge in [-0.3, -0.25) is 4.79 Å². The van der Waals surface area contributed by atoms with Crippen molar-refractivity contribution in [1.82, 2.24) is 10.2 Å². The summed E-state index contributed by atoms with van der Waals surface area (Å²) in [6, 6.07) is 3.95. The van der Waals surface area contributed by atoms with E-state index in [0.29, 0.717) is 19.5 Å². The summed E-state index contributed by atoms with van der Waals surface area (Å²) in [4.78, 5) is 13.0. The van der Waals surface area contributed by atoms with Gasteiger partial charge in [-0.05, 0) is 28.1 Å². The topological polar surface area (TPSA) is 41.6 Å². The van der Waals surface area contributed by atoms with Crippen LogP contribution in [0.15, 0.2) is 21.1 Å². The zero-order chi connectivity index (χ0) is 14.4. The monoisotopic (exact) mass is 392 g/mol. The third-order valence-electron chi connectivity index (χ3n) is 2.62. The fourth-order valence-electron chi connectivity index (χ4n) is 1.62. The predicted octanol–water partition coefficient (Wildman–Crippen LogP) is 2.79. The second-order valence-corrected chi connectivity index (χ2v) is 6.06. The van der Waals surface area contributed by atoms with Crippen molar-refractivity contribution in [2.45, 2.75) is 13.0 Å². The first kappa shape index (κ1) is 16.5. The van der Waals surface area contributed by atoms with Crippen LogP contribution in [0.25, 0.3) is 0 Å². The van der Waals surface area contributed by atoms with Gasteiger partial charge in [-0.1, -0.05) is 15.9 Å². The average Bonchev–Trinajstić information content (AvgIpc) is 2.33. The molecule has 0 bridgehead atoms. The van der Waals surface area contributed by atoms with E-state index in [1.807, 2.05) is 12.1 Å². The van der Waals surface area contributed by atoms with E-state index in [2.05, 4.69) is 37.2 Å². The first-order chi connectivity index (χ1) is 8.95. The third kappa shape index (κ3) is 5.12. The highest BCUT2D eigenvalue weighted by atomic mass is 79.9. The Morgan fingerprint density at radius 1 is 1.37 bits per heavy atom. The van der Waals surface area contributed by atoms with Gasteiger partial charge in [0.2, 0.25) is 5.91 Å². The first-order valence-electron chi connectivity index (χ1n) is 5.88. The molecule has 0 radical (unpaired) electrons. The van der Waals surface area contributed by atoms with E-state index >= 15 is 0 Å². The minimum atomic E-state index is 0.120. The van der Waals surface area contributed by atoms with Crippen LogP contribution in [0.3, 0.4) is 0 Å². The van der Waals surface area contributed by atoms with Crippen LogP contribution in [0, 0.1) is 0 Å². The van der Waals surface area contributed by atoms with Gasteiger partial charge < -0.3 is 15.0 Å². The molecule has 0 saturated heterocycles. The van der Waals surface area contributed by atoms with Gasteiger partial charge in [0.1, 0.15) is 5.75 Å². The van der Waals surface area contributed by atoms with Crippen molar-refractivity contribution in [3.8, 4) is 5.75 Å². The van der Waals surface area contributed by atoms with E-state index in [0.717, 1.165) is 20.3 Å². The van der Waals surface area contributed by atoms with Crippen molar-refractivity contribution in [3.63, 3.8) is 0 Å². The van der Waals surface area contributed by atoms with Gasteiger partial charge in [-0.2, -0.15) is 0 Å². The zero-order valence-electron chi connectivity index (χ0n) is 11.3. The largest absolute Gasteiger partial charge is 0.495 e. The standard InChI is InChI=1S/C13H18Br2N2O2/c1-17(2)12(18)4-5-16-8-9-6-10(14)7-11(15)13(9)19-3/h6-7,16H,4-5,8H2,1-3H3. The highest BCUT2D eigenvalue weighted by Crippen LogP contribution is 2.32. The molecule has 0 spiro atoms. The van der Waals surface area contributed by atoms with Crippen molar-refractivity contribution in [3.05, 3.63) is 26.6 Å². The first-order valence-corrected chi connectivity index (χ1v) is 7.47. The summed E-state index contributed by atoms with van der Waals surface area (Å²) in [6.45, 7) is 1.30. The second-order valence-electron chi connectivity index (χ2n) is 4.29. The smallest absolute Gasteiger partial charge is 0.223 e. The number of halogens is 2. The Hall–Kier alpha value is -0.590. The highest BCUT2D eigenvalue weighted by Gasteiger charge is 2.09. The fraction of sp³-hybridized carbons (Fsp3) is 0.462. The Morgan fingerprint density at radius 2 is 2.05 bits per heavy atom. The molecule has 6 heteroatoms. The second kappa shape index (κ2) is 7.87. The summed E-state index contributed by atoms with van der Waals surface area (Å²) in [7, 11) is 5.17. The maximum absolute atomic E-state index is 11.4. The van der Waals surface area contributed by atoms with Crippen molar-refractivity contribution >= 4 is 37.8 Å². The molecule has 1 amide bonds. The number of ether oxygens (including phenoxy) is 1. The Morgan fingerprint density at radius 3 is 2.63 bits per heavy atom. The number of hydrogen-bond acceptors (Lipinski definition) is 3. The van der Waals surface area contributed by atoms with Gasteiger partial charge >= 0.3 is 0 Å². The quantitative estimate of drug-likeness (QED) is 0.755. The molecule has 0 atom stereocenters. The molecule has 106 valence electrons. The predicted molar refractivity (Wildman–Crippen MR) is 83.4 cm³/mol. The zero-order valence-corrected chi connectivity index (χ0v) is 14.5. The molecule has 19 heavy (non-hydrogen) atoms. The fourth-order valence-corrected chi connectivity index (χ4v) is 3.09. The molecule has 0 aliphatic carbocycles. The molecule has 0 saturated carbocycles. The molecule has 0 aromatic heterocycles. The Labute approximate surface area is 130 Å². The molecule has 0 aliphatic heterocycles. The number of nitrogens with one attached hydrogen (secondary N) is 1. The van der Waals surface area contributed by atoms with Crippen molar-refractivity contribution in [2.75, 3.05) is 27.7 Å². The lowest BCUT2D eigenvalue weighted by Gasteiger charge is -2.13. The molecule has 0 aliphatic rings. The molecule has 0 fully saturated rings. The van der Waals surface area contributed by atoms with E-state index in [9.17, 15) is 4.79 Å². The summed E-state index contributed by atoms with van der Waals surface area (Å²) >= 11 is 6.92. The number of hydrogen-bond donors (Lipinski definition) is 1. The van der Waals surface area contributed by atoms with Crippen LogP contribution in [-0.2, 0) is 11.3 Å². The van der Waals surface area contributed by atoms with Crippen LogP contribution < -0.4 is 10.1 Å². The Kier molecular flexibility index (Phi) is 6.82. The lowest BCUT2D eigenvalue weighted by molar-refractivity contribution is -0.128. The number of amides is 1. The van der Waals surface area contributed by atoms with E-state index in [1.165, 1.54) is 0 Å². The number of rotatable bonds is 6. The Balaban J connectivity index is 2.56. The van der Waals surface area contributed by atoms with Crippen LogP contribution in [0.4, 0.5) is 0 Å². The summed E-state index contributed by atoms with van der Waals surface area (Å²) < 4.78 is 7.26. The minimum Gasteiger partial charge on any atom is -0.495 e. The molecule has 0 unspecified atom stereocenters. The molecule has 1 N–H and O–H groups in total. The number of nitrogens with zero attached hydrogens (tertiary/aromatic N) is 1. The molecule has 4 nitrogen and oxygen atoms in total. The van der Waals surface area contributed by atoms with Gasteiger partial charge in [0, 0.05) is 43.6 Å². The van der Waals surface area contributed by atoms with Crippen LogP contribution in [0.1, 0.15) is 12.0 Å². The molecule has 1 aromatic carbocycles. The van der Waals surface area contributed by atoms with E-state index in [1.54, 1.807) is 26.1 Å². The maximum Gasteiger partial charge on any atom is 0.223 e. The molecular formula is C13H18Br2N2O2. The molecular weight excluding hydrogens is 376 g/mol. The number of benzene rings is 1. The maximum atomic E-state index is 11.4. The summed E-state index contributed by atoms with van der Waals surface area (Å²) in [5.74, 6) is 0.935. The van der Waals surface area contributed by atoms with Crippen LogP contribution >= 0.6 is 31.9 Å².